The lowest BCUT2D eigenvalue weighted by atomic mass is 10.2. The van der Waals surface area contributed by atoms with E-state index in [1.165, 1.54) is 26.4 Å². The van der Waals surface area contributed by atoms with E-state index < -0.39 is 0 Å². The van der Waals surface area contributed by atoms with Crippen LogP contribution >= 0.6 is 34.8 Å². The van der Waals surface area contributed by atoms with Crippen molar-refractivity contribution in [1.82, 2.24) is 9.97 Å². The van der Waals surface area contributed by atoms with E-state index in [2.05, 4.69) is 9.97 Å². The zero-order chi connectivity index (χ0) is 18.8. The normalized spacial score (nSPS) is 10.8. The second-order valence-electron chi connectivity index (χ2n) is 5.22. The molecule has 0 saturated heterocycles. The molecule has 0 unspecified atom stereocenters. The average molecular weight is 416 g/mol. The molecule has 0 aliphatic carbocycles. The Morgan fingerprint density at radius 1 is 0.923 bits per heavy atom. The lowest BCUT2D eigenvalue weighted by Crippen LogP contribution is -2.14. The largest absolute Gasteiger partial charge is 0.493 e. The van der Waals surface area contributed by atoms with E-state index >= 15 is 0 Å². The summed E-state index contributed by atoms with van der Waals surface area (Å²) >= 11 is 17.9. The predicted molar refractivity (Wildman–Crippen MR) is 101 cm³/mol. The van der Waals surface area contributed by atoms with Gasteiger partial charge in [-0.05, 0) is 12.1 Å². The lowest BCUT2D eigenvalue weighted by molar-refractivity contribution is 0.296. The summed E-state index contributed by atoms with van der Waals surface area (Å²) in [4.78, 5) is 19.4. The molecule has 1 heterocycles. The molecule has 0 bridgehead atoms. The van der Waals surface area contributed by atoms with Crippen LogP contribution in [0.2, 0.25) is 15.1 Å². The Kier molecular flexibility index (Phi) is 5.46. The number of halogens is 3. The van der Waals surface area contributed by atoms with Gasteiger partial charge in [0, 0.05) is 12.1 Å². The summed E-state index contributed by atoms with van der Waals surface area (Å²) in [5, 5.41) is 1.30. The van der Waals surface area contributed by atoms with Gasteiger partial charge < -0.3 is 19.2 Å². The van der Waals surface area contributed by atoms with Gasteiger partial charge in [0.05, 0.1) is 40.2 Å². The number of nitrogens with zero attached hydrogens (tertiary/aromatic N) is 1. The summed E-state index contributed by atoms with van der Waals surface area (Å²) in [5.41, 5.74) is 0.125. The third kappa shape index (κ3) is 3.67. The van der Waals surface area contributed by atoms with Crippen LogP contribution in [0.5, 0.6) is 17.2 Å². The van der Waals surface area contributed by atoms with Crippen LogP contribution in [0.4, 0.5) is 0 Å². The van der Waals surface area contributed by atoms with Gasteiger partial charge in [0.2, 0.25) is 0 Å². The van der Waals surface area contributed by atoms with E-state index in [9.17, 15) is 4.79 Å². The fraction of sp³-hybridized carbons (Fsp3) is 0.176. The maximum Gasteiger partial charge on any atom is 0.259 e. The maximum absolute atomic E-state index is 12.3. The SMILES string of the molecule is COc1cc2nc(COc3cc(Cl)c(Cl)cc3Cl)[nH]c(=O)c2cc1OC. The molecule has 1 N–H and O–H groups in total. The highest BCUT2D eigenvalue weighted by Crippen LogP contribution is 2.34. The number of hydrogen-bond acceptors (Lipinski definition) is 5. The van der Waals surface area contributed by atoms with Gasteiger partial charge in [-0.15, -0.1) is 0 Å². The highest BCUT2D eigenvalue weighted by Gasteiger charge is 2.12. The Balaban J connectivity index is 1.94. The van der Waals surface area contributed by atoms with Crippen molar-refractivity contribution in [2.24, 2.45) is 0 Å². The molecule has 0 atom stereocenters. The molecule has 136 valence electrons. The van der Waals surface area contributed by atoms with Crippen molar-refractivity contribution in [2.75, 3.05) is 14.2 Å². The summed E-state index contributed by atoms with van der Waals surface area (Å²) in [6.07, 6.45) is 0. The molecule has 0 fully saturated rings. The fourth-order valence-corrected chi connectivity index (χ4v) is 2.94. The minimum absolute atomic E-state index is 0.0167. The van der Waals surface area contributed by atoms with Crippen molar-refractivity contribution in [1.29, 1.82) is 0 Å². The molecule has 3 rings (SSSR count). The number of rotatable bonds is 5. The highest BCUT2D eigenvalue weighted by atomic mass is 35.5. The molecular weight excluding hydrogens is 403 g/mol. The molecular formula is C17H13Cl3N2O4. The van der Waals surface area contributed by atoms with E-state index in [-0.39, 0.29) is 12.2 Å². The first-order valence-corrected chi connectivity index (χ1v) is 8.48. The van der Waals surface area contributed by atoms with Gasteiger partial charge >= 0.3 is 0 Å². The monoisotopic (exact) mass is 414 g/mol. The van der Waals surface area contributed by atoms with Gasteiger partial charge in [-0.25, -0.2) is 4.98 Å². The number of fused-ring (bicyclic) bond motifs is 1. The molecule has 0 spiro atoms. The zero-order valence-corrected chi connectivity index (χ0v) is 16.0. The van der Waals surface area contributed by atoms with Gasteiger partial charge in [-0.1, -0.05) is 34.8 Å². The van der Waals surface area contributed by atoms with E-state index in [1.807, 2.05) is 0 Å². The molecule has 0 radical (unpaired) electrons. The molecule has 0 aliphatic heterocycles. The second-order valence-corrected chi connectivity index (χ2v) is 6.44. The number of benzene rings is 2. The van der Waals surface area contributed by atoms with Crippen LogP contribution in [-0.4, -0.2) is 24.2 Å². The first-order chi connectivity index (χ1) is 12.4. The van der Waals surface area contributed by atoms with Crippen LogP contribution < -0.4 is 19.8 Å². The first kappa shape index (κ1) is 18.6. The Morgan fingerprint density at radius 2 is 1.58 bits per heavy atom. The molecule has 9 heteroatoms. The van der Waals surface area contributed by atoms with Crippen molar-refractivity contribution in [3.8, 4) is 17.2 Å². The van der Waals surface area contributed by atoms with Gasteiger partial charge in [-0.2, -0.15) is 0 Å². The third-order valence-corrected chi connectivity index (χ3v) is 4.62. The molecule has 0 amide bonds. The minimum Gasteiger partial charge on any atom is -0.493 e. The van der Waals surface area contributed by atoms with Crippen LogP contribution in [0, 0.1) is 0 Å². The number of hydrogen-bond donors (Lipinski definition) is 1. The van der Waals surface area contributed by atoms with E-state index in [0.29, 0.717) is 49.0 Å². The van der Waals surface area contributed by atoms with Crippen LogP contribution in [0.15, 0.2) is 29.1 Å². The van der Waals surface area contributed by atoms with Gasteiger partial charge in [0.1, 0.15) is 18.2 Å². The van der Waals surface area contributed by atoms with Crippen molar-refractivity contribution in [2.45, 2.75) is 6.61 Å². The molecule has 6 nitrogen and oxygen atoms in total. The van der Waals surface area contributed by atoms with E-state index in [0.717, 1.165) is 0 Å². The van der Waals surface area contributed by atoms with Crippen molar-refractivity contribution in [3.63, 3.8) is 0 Å². The van der Waals surface area contributed by atoms with E-state index in [4.69, 9.17) is 49.0 Å². The summed E-state index contributed by atoms with van der Waals surface area (Å²) in [6, 6.07) is 6.17. The summed E-state index contributed by atoms with van der Waals surface area (Å²) < 4.78 is 16.0. The van der Waals surface area contributed by atoms with E-state index in [1.54, 1.807) is 12.1 Å². The Labute approximate surface area is 163 Å². The van der Waals surface area contributed by atoms with Crippen LogP contribution in [0.25, 0.3) is 10.9 Å². The maximum atomic E-state index is 12.3. The lowest BCUT2D eigenvalue weighted by Gasteiger charge is -2.11. The minimum atomic E-state index is -0.324. The fourth-order valence-electron chi connectivity index (χ4n) is 2.34. The predicted octanol–water partition coefficient (Wildman–Crippen LogP) is 4.48. The number of H-pyrrole nitrogens is 1. The zero-order valence-electron chi connectivity index (χ0n) is 13.7. The van der Waals surface area contributed by atoms with Crippen molar-refractivity contribution >= 4 is 45.7 Å². The topological polar surface area (TPSA) is 73.4 Å². The third-order valence-electron chi connectivity index (χ3n) is 3.60. The smallest absolute Gasteiger partial charge is 0.259 e. The van der Waals surface area contributed by atoms with Crippen LogP contribution in [0.3, 0.4) is 0 Å². The molecule has 0 saturated carbocycles. The van der Waals surface area contributed by atoms with Gasteiger partial charge in [0.15, 0.2) is 11.5 Å². The summed E-state index contributed by atoms with van der Waals surface area (Å²) in [5.74, 6) is 1.56. The van der Waals surface area contributed by atoms with Gasteiger partial charge in [-0.3, -0.25) is 4.79 Å². The summed E-state index contributed by atoms with van der Waals surface area (Å²) in [7, 11) is 3.00. The number of methoxy groups -OCH3 is 2. The molecule has 1 aromatic heterocycles. The summed E-state index contributed by atoms with van der Waals surface area (Å²) in [6.45, 7) is -0.0167. The Bertz CT molecular complexity index is 1040. The molecule has 26 heavy (non-hydrogen) atoms. The average Bonchev–Trinajstić information content (AvgIpc) is 2.62. The first-order valence-electron chi connectivity index (χ1n) is 7.35. The molecule has 3 aromatic rings. The number of aromatic nitrogens is 2. The number of nitrogens with one attached hydrogen (secondary N) is 1. The second kappa shape index (κ2) is 7.61. The Morgan fingerprint density at radius 3 is 2.27 bits per heavy atom. The van der Waals surface area contributed by atoms with Crippen molar-refractivity contribution in [3.05, 3.63) is 55.5 Å². The van der Waals surface area contributed by atoms with Crippen molar-refractivity contribution < 1.29 is 14.2 Å². The molecule has 2 aromatic carbocycles. The van der Waals surface area contributed by atoms with Gasteiger partial charge in [0.25, 0.3) is 5.56 Å². The quantitative estimate of drug-likeness (QED) is 0.622. The number of ether oxygens (including phenoxy) is 3. The standard InChI is InChI=1S/C17H13Cl3N2O4/c1-24-14-3-8-12(6-15(14)25-2)21-16(22-17(8)23)7-26-13-5-10(19)9(18)4-11(13)20/h3-6H,7H2,1-2H3,(H,21,22,23). The van der Waals surface area contributed by atoms with Crippen LogP contribution in [-0.2, 0) is 6.61 Å². The Hall–Kier alpha value is -2.15. The highest BCUT2D eigenvalue weighted by molar-refractivity contribution is 6.43. The number of aromatic amines is 1. The molecule has 0 aliphatic rings. The van der Waals surface area contributed by atoms with Crippen LogP contribution in [0.1, 0.15) is 5.82 Å².